The Morgan fingerprint density at radius 3 is 2.95 bits per heavy atom. The zero-order valence-corrected chi connectivity index (χ0v) is 10.7. The fraction of sp³-hybridized carbons (Fsp3) is 0.385. The Kier molecular flexibility index (Phi) is 2.98. The highest BCUT2D eigenvalue weighted by molar-refractivity contribution is 5.92. The molecule has 0 saturated carbocycles. The van der Waals surface area contributed by atoms with E-state index in [1.807, 2.05) is 11.9 Å². The average molecular weight is 257 g/mol. The Hall–Kier alpha value is -2.24. The number of hydrogen-bond acceptors (Lipinski definition) is 4. The molecule has 0 aromatic carbocycles. The molecule has 1 aliphatic heterocycles. The lowest BCUT2D eigenvalue weighted by Crippen LogP contribution is -2.31. The molecule has 1 aliphatic rings. The molecule has 19 heavy (non-hydrogen) atoms. The van der Waals surface area contributed by atoms with E-state index >= 15 is 0 Å². The number of rotatable bonds is 2. The molecule has 2 aromatic heterocycles. The van der Waals surface area contributed by atoms with Crippen LogP contribution in [0, 0.1) is 0 Å². The molecule has 3 rings (SSSR count). The van der Waals surface area contributed by atoms with Gasteiger partial charge in [-0.15, -0.1) is 0 Å². The molecule has 3 heterocycles. The third-order valence-corrected chi connectivity index (χ3v) is 3.36. The summed E-state index contributed by atoms with van der Waals surface area (Å²) in [6.45, 7) is 0.747. The molecule has 2 aromatic rings. The molecule has 1 fully saturated rings. The van der Waals surface area contributed by atoms with Crippen LogP contribution in [-0.4, -0.2) is 36.9 Å². The summed E-state index contributed by atoms with van der Waals surface area (Å²) in [7, 11) is 1.86. The molecule has 6 nitrogen and oxygen atoms in total. The van der Waals surface area contributed by atoms with E-state index in [0.29, 0.717) is 5.69 Å². The second kappa shape index (κ2) is 4.79. The number of carbonyl (C=O) groups excluding carboxylic acids is 1. The maximum atomic E-state index is 12.4. The predicted octanol–water partition coefficient (Wildman–Crippen LogP) is 1.19. The van der Waals surface area contributed by atoms with E-state index in [9.17, 15) is 4.79 Å². The van der Waals surface area contributed by atoms with Crippen LogP contribution >= 0.6 is 0 Å². The van der Waals surface area contributed by atoms with Gasteiger partial charge >= 0.3 is 0 Å². The van der Waals surface area contributed by atoms with Crippen LogP contribution in [0.2, 0.25) is 0 Å². The Labute approximate surface area is 111 Å². The van der Waals surface area contributed by atoms with Crippen LogP contribution in [-0.2, 0) is 7.05 Å². The van der Waals surface area contributed by atoms with Gasteiger partial charge in [-0.05, 0) is 12.8 Å². The van der Waals surface area contributed by atoms with Gasteiger partial charge in [0.25, 0.3) is 5.91 Å². The van der Waals surface area contributed by atoms with Crippen LogP contribution in [0.25, 0.3) is 0 Å². The van der Waals surface area contributed by atoms with Gasteiger partial charge in [-0.1, -0.05) is 0 Å². The largest absolute Gasteiger partial charge is 0.340 e. The molecule has 0 bridgehead atoms. The van der Waals surface area contributed by atoms with Crippen molar-refractivity contribution in [2.75, 3.05) is 6.54 Å². The van der Waals surface area contributed by atoms with Crippen molar-refractivity contribution in [2.45, 2.75) is 18.9 Å². The van der Waals surface area contributed by atoms with Crippen molar-refractivity contribution < 1.29 is 4.79 Å². The molecule has 0 aliphatic carbocycles. The summed E-state index contributed by atoms with van der Waals surface area (Å²) in [5, 5.41) is 0. The van der Waals surface area contributed by atoms with Crippen LogP contribution in [0.3, 0.4) is 0 Å². The highest BCUT2D eigenvalue weighted by Crippen LogP contribution is 2.31. The van der Waals surface area contributed by atoms with Crippen molar-refractivity contribution in [3.8, 4) is 0 Å². The second-order valence-corrected chi connectivity index (χ2v) is 4.71. The normalized spacial score (nSPS) is 18.8. The zero-order valence-electron chi connectivity index (χ0n) is 10.7. The first-order valence-electron chi connectivity index (χ1n) is 6.30. The number of aryl methyl sites for hydroxylation is 1. The van der Waals surface area contributed by atoms with Crippen LogP contribution in [0.15, 0.2) is 31.1 Å². The first kappa shape index (κ1) is 11.8. The highest BCUT2D eigenvalue weighted by Gasteiger charge is 2.32. The quantitative estimate of drug-likeness (QED) is 0.810. The first-order chi connectivity index (χ1) is 9.25. The molecule has 0 unspecified atom stereocenters. The number of nitrogens with zero attached hydrogens (tertiary/aromatic N) is 5. The Morgan fingerprint density at radius 1 is 1.37 bits per heavy atom. The number of aromatic nitrogens is 4. The molecule has 1 saturated heterocycles. The Morgan fingerprint density at radius 2 is 2.26 bits per heavy atom. The van der Waals surface area contributed by atoms with Crippen molar-refractivity contribution in [3.05, 3.63) is 42.5 Å². The van der Waals surface area contributed by atoms with Gasteiger partial charge in [0, 0.05) is 32.2 Å². The number of amides is 1. The minimum atomic E-state index is -0.0336. The molecular formula is C13H15N5O. The minimum absolute atomic E-state index is 0.0169. The van der Waals surface area contributed by atoms with Gasteiger partial charge in [0.1, 0.15) is 5.69 Å². The Bertz CT molecular complexity index is 580. The monoisotopic (exact) mass is 257 g/mol. The lowest BCUT2D eigenvalue weighted by molar-refractivity contribution is 0.0727. The fourth-order valence-corrected chi connectivity index (χ4v) is 2.47. The molecule has 0 N–H and O–H groups in total. The maximum absolute atomic E-state index is 12.4. The van der Waals surface area contributed by atoms with Gasteiger partial charge in [-0.25, -0.2) is 4.98 Å². The lowest BCUT2D eigenvalue weighted by Gasteiger charge is -2.23. The molecular weight excluding hydrogens is 242 g/mol. The predicted molar refractivity (Wildman–Crippen MR) is 68.3 cm³/mol. The number of imidazole rings is 1. The van der Waals surface area contributed by atoms with Crippen molar-refractivity contribution in [2.24, 2.45) is 7.05 Å². The summed E-state index contributed by atoms with van der Waals surface area (Å²) in [6.07, 6.45) is 10.3. The van der Waals surface area contributed by atoms with Gasteiger partial charge < -0.3 is 9.47 Å². The van der Waals surface area contributed by atoms with E-state index in [1.165, 1.54) is 0 Å². The van der Waals surface area contributed by atoms with Crippen LogP contribution in [0.1, 0.15) is 35.1 Å². The molecule has 0 radical (unpaired) electrons. The van der Waals surface area contributed by atoms with E-state index in [4.69, 9.17) is 0 Å². The van der Waals surface area contributed by atoms with E-state index in [2.05, 4.69) is 15.0 Å². The third kappa shape index (κ3) is 2.21. The molecule has 1 atom stereocenters. The summed E-state index contributed by atoms with van der Waals surface area (Å²) >= 11 is 0. The summed E-state index contributed by atoms with van der Waals surface area (Å²) in [4.78, 5) is 26.8. The zero-order chi connectivity index (χ0) is 13.2. The lowest BCUT2D eigenvalue weighted by atomic mass is 10.1. The maximum Gasteiger partial charge on any atom is 0.274 e. The van der Waals surface area contributed by atoms with Crippen LogP contribution < -0.4 is 0 Å². The topological polar surface area (TPSA) is 63.9 Å². The van der Waals surface area contributed by atoms with Gasteiger partial charge in [0.15, 0.2) is 0 Å². The summed E-state index contributed by atoms with van der Waals surface area (Å²) < 4.78 is 1.78. The molecule has 1 amide bonds. The van der Waals surface area contributed by atoms with E-state index in [1.54, 1.807) is 35.7 Å². The minimum Gasteiger partial charge on any atom is -0.340 e. The van der Waals surface area contributed by atoms with Crippen LogP contribution in [0.5, 0.6) is 0 Å². The number of hydrogen-bond donors (Lipinski definition) is 0. The van der Waals surface area contributed by atoms with Crippen LogP contribution in [0.4, 0.5) is 0 Å². The average Bonchev–Trinajstić information content (AvgIpc) is 3.07. The molecule has 98 valence electrons. The highest BCUT2D eigenvalue weighted by atomic mass is 16.2. The molecule has 0 spiro atoms. The molecule has 6 heteroatoms. The smallest absolute Gasteiger partial charge is 0.274 e. The number of carbonyl (C=O) groups is 1. The van der Waals surface area contributed by atoms with Gasteiger partial charge in [0.2, 0.25) is 0 Å². The Balaban J connectivity index is 1.86. The van der Waals surface area contributed by atoms with Crippen molar-refractivity contribution in [3.63, 3.8) is 0 Å². The van der Waals surface area contributed by atoms with E-state index in [-0.39, 0.29) is 11.9 Å². The van der Waals surface area contributed by atoms with Gasteiger partial charge in [-0.2, -0.15) is 0 Å². The standard InChI is InChI=1S/C13H15N5O/c1-17-8-11(16-9-17)13(19)18-6-2-3-12(18)10-7-14-4-5-15-10/h4-5,7-9,12H,2-3,6H2,1H3/t12-/m0/s1. The SMILES string of the molecule is Cn1cnc(C(=O)N2CCC[C@H]2c2cnccn2)c1. The van der Waals surface area contributed by atoms with E-state index in [0.717, 1.165) is 25.1 Å². The van der Waals surface area contributed by atoms with Gasteiger partial charge in [0.05, 0.1) is 24.3 Å². The van der Waals surface area contributed by atoms with Crippen molar-refractivity contribution in [1.82, 2.24) is 24.4 Å². The third-order valence-electron chi connectivity index (χ3n) is 3.36. The number of likely N-dealkylation sites (tertiary alicyclic amines) is 1. The van der Waals surface area contributed by atoms with E-state index < -0.39 is 0 Å². The van der Waals surface area contributed by atoms with Crippen molar-refractivity contribution in [1.29, 1.82) is 0 Å². The summed E-state index contributed by atoms with van der Waals surface area (Å²) in [5.41, 5.74) is 1.34. The first-order valence-corrected chi connectivity index (χ1v) is 6.30. The van der Waals surface area contributed by atoms with Crippen molar-refractivity contribution >= 4 is 5.91 Å². The summed E-state index contributed by atoms with van der Waals surface area (Å²) in [6, 6.07) is 0.0169. The van der Waals surface area contributed by atoms with Gasteiger partial charge in [-0.3, -0.25) is 14.8 Å². The fourth-order valence-electron chi connectivity index (χ4n) is 2.47. The second-order valence-electron chi connectivity index (χ2n) is 4.71. The summed E-state index contributed by atoms with van der Waals surface area (Å²) in [5.74, 6) is -0.0336.